The fourth-order valence-electron chi connectivity index (χ4n) is 3.29. The Bertz CT molecular complexity index is 547. The quantitative estimate of drug-likeness (QED) is 0.908. The maximum absolute atomic E-state index is 4.35. The molecule has 3 unspecified atom stereocenters. The smallest absolute Gasteiger partial charge is 0.0876 e. The minimum Gasteiger partial charge on any atom is -0.380 e. The highest BCUT2D eigenvalue weighted by Crippen LogP contribution is 2.32. The van der Waals surface area contributed by atoms with Gasteiger partial charge in [-0.15, -0.1) is 0 Å². The van der Waals surface area contributed by atoms with Gasteiger partial charge >= 0.3 is 0 Å². The van der Waals surface area contributed by atoms with Crippen LogP contribution in [0.4, 0.5) is 5.69 Å². The molecule has 106 valence electrons. The molecule has 3 nitrogen and oxygen atoms in total. The molecule has 0 aliphatic heterocycles. The van der Waals surface area contributed by atoms with Crippen molar-refractivity contribution in [2.45, 2.75) is 39.2 Å². The van der Waals surface area contributed by atoms with Crippen molar-refractivity contribution in [2.24, 2.45) is 11.8 Å². The molecule has 20 heavy (non-hydrogen) atoms. The highest BCUT2D eigenvalue weighted by molar-refractivity contribution is 5.61. The third-order valence-electron chi connectivity index (χ3n) is 4.43. The molecule has 2 aromatic rings. The van der Waals surface area contributed by atoms with Crippen molar-refractivity contribution in [1.29, 1.82) is 0 Å². The second-order valence-corrected chi connectivity index (χ2v) is 6.11. The van der Waals surface area contributed by atoms with Gasteiger partial charge in [-0.3, -0.25) is 0 Å². The van der Waals surface area contributed by atoms with E-state index in [2.05, 4.69) is 48.5 Å². The lowest BCUT2D eigenvalue weighted by atomic mass is 9.80. The van der Waals surface area contributed by atoms with Gasteiger partial charge in [-0.05, 0) is 49.3 Å². The van der Waals surface area contributed by atoms with Crippen molar-refractivity contribution in [2.75, 3.05) is 5.32 Å². The van der Waals surface area contributed by atoms with E-state index in [1.807, 2.05) is 23.1 Å². The monoisotopic (exact) mass is 269 g/mol. The van der Waals surface area contributed by atoms with Crippen molar-refractivity contribution in [3.05, 3.63) is 42.7 Å². The van der Waals surface area contributed by atoms with E-state index in [1.165, 1.54) is 24.9 Å². The summed E-state index contributed by atoms with van der Waals surface area (Å²) in [7, 11) is 0. The zero-order chi connectivity index (χ0) is 13.9. The number of para-hydroxylation sites is 2. The molecule has 1 saturated carbocycles. The summed E-state index contributed by atoms with van der Waals surface area (Å²) in [6.45, 7) is 4.73. The molecule has 1 aromatic carbocycles. The molecular formula is C17H23N3. The maximum Gasteiger partial charge on any atom is 0.0876 e. The second-order valence-electron chi connectivity index (χ2n) is 6.11. The van der Waals surface area contributed by atoms with Crippen LogP contribution in [-0.2, 0) is 0 Å². The molecule has 1 N–H and O–H groups in total. The number of hydrogen-bond acceptors (Lipinski definition) is 2. The molecule has 0 saturated heterocycles. The van der Waals surface area contributed by atoms with Crippen LogP contribution in [0.1, 0.15) is 33.1 Å². The summed E-state index contributed by atoms with van der Waals surface area (Å²) >= 11 is 0. The first-order valence-electron chi connectivity index (χ1n) is 7.59. The number of rotatable bonds is 3. The van der Waals surface area contributed by atoms with Gasteiger partial charge in [-0.1, -0.05) is 26.0 Å². The van der Waals surface area contributed by atoms with E-state index in [4.69, 9.17) is 0 Å². The van der Waals surface area contributed by atoms with Crippen molar-refractivity contribution in [1.82, 2.24) is 9.78 Å². The van der Waals surface area contributed by atoms with E-state index >= 15 is 0 Å². The Hall–Kier alpha value is -1.77. The average Bonchev–Trinajstić information content (AvgIpc) is 2.96. The predicted molar refractivity (Wildman–Crippen MR) is 83.2 cm³/mol. The van der Waals surface area contributed by atoms with E-state index in [0.29, 0.717) is 6.04 Å². The molecule has 1 fully saturated rings. The maximum atomic E-state index is 4.35. The average molecular weight is 269 g/mol. The topological polar surface area (TPSA) is 29.9 Å². The molecule has 1 aromatic heterocycles. The lowest BCUT2D eigenvalue weighted by Crippen LogP contribution is -2.33. The van der Waals surface area contributed by atoms with Crippen LogP contribution in [0.3, 0.4) is 0 Å². The first-order valence-corrected chi connectivity index (χ1v) is 7.59. The third kappa shape index (κ3) is 2.72. The summed E-state index contributed by atoms with van der Waals surface area (Å²) in [5, 5.41) is 8.10. The van der Waals surface area contributed by atoms with Crippen molar-refractivity contribution in [3.63, 3.8) is 0 Å². The predicted octanol–water partition coefficient (Wildman–Crippen LogP) is 4.11. The first-order chi connectivity index (χ1) is 9.74. The number of nitrogens with one attached hydrogen (secondary N) is 1. The van der Waals surface area contributed by atoms with Crippen LogP contribution < -0.4 is 5.32 Å². The number of nitrogens with zero attached hydrogens (tertiary/aromatic N) is 2. The minimum absolute atomic E-state index is 0.572. The zero-order valence-corrected chi connectivity index (χ0v) is 12.3. The highest BCUT2D eigenvalue weighted by Gasteiger charge is 2.25. The van der Waals surface area contributed by atoms with Gasteiger partial charge in [0.1, 0.15) is 0 Å². The standard InChI is InChI=1S/C17H23N3/c1-13-8-9-15(14(2)12-13)19-16-6-3-4-7-17(16)20-11-5-10-18-20/h3-7,10-11,13-15,19H,8-9,12H2,1-2H3. The normalized spacial score (nSPS) is 26.4. The van der Waals surface area contributed by atoms with Crippen LogP contribution >= 0.6 is 0 Å². The Morgan fingerprint density at radius 3 is 2.75 bits per heavy atom. The second kappa shape index (κ2) is 5.70. The largest absolute Gasteiger partial charge is 0.380 e. The number of benzene rings is 1. The van der Waals surface area contributed by atoms with Gasteiger partial charge in [-0.2, -0.15) is 5.10 Å². The summed E-state index contributed by atoms with van der Waals surface area (Å²) in [6, 6.07) is 11.0. The lowest BCUT2D eigenvalue weighted by molar-refractivity contribution is 0.276. The van der Waals surface area contributed by atoms with Crippen LogP contribution in [0, 0.1) is 11.8 Å². The molecule has 1 aliphatic carbocycles. The molecule has 3 rings (SSSR count). The Morgan fingerprint density at radius 1 is 1.15 bits per heavy atom. The summed E-state index contributed by atoms with van der Waals surface area (Å²) < 4.78 is 1.93. The van der Waals surface area contributed by atoms with E-state index in [0.717, 1.165) is 17.5 Å². The Kier molecular flexibility index (Phi) is 3.77. The van der Waals surface area contributed by atoms with E-state index in [1.54, 1.807) is 0 Å². The van der Waals surface area contributed by atoms with Crippen LogP contribution in [0.15, 0.2) is 42.7 Å². The summed E-state index contributed by atoms with van der Waals surface area (Å²) in [4.78, 5) is 0. The number of aromatic nitrogens is 2. The van der Waals surface area contributed by atoms with Crippen molar-refractivity contribution in [3.8, 4) is 5.69 Å². The number of anilines is 1. The van der Waals surface area contributed by atoms with Gasteiger partial charge in [0.05, 0.1) is 11.4 Å². The SMILES string of the molecule is CC1CCC(Nc2ccccc2-n2cccn2)C(C)C1. The van der Waals surface area contributed by atoms with Crippen LogP contribution in [0.5, 0.6) is 0 Å². The fraction of sp³-hybridized carbons (Fsp3) is 0.471. The van der Waals surface area contributed by atoms with Crippen molar-refractivity contribution >= 4 is 5.69 Å². The molecule has 0 radical (unpaired) electrons. The van der Waals surface area contributed by atoms with Crippen LogP contribution in [-0.4, -0.2) is 15.8 Å². The molecule has 3 heteroatoms. The van der Waals surface area contributed by atoms with Crippen molar-refractivity contribution < 1.29 is 0 Å². The van der Waals surface area contributed by atoms with Gasteiger partial charge in [0.2, 0.25) is 0 Å². The van der Waals surface area contributed by atoms with E-state index < -0.39 is 0 Å². The molecule has 0 bridgehead atoms. The molecule has 3 atom stereocenters. The summed E-state index contributed by atoms with van der Waals surface area (Å²) in [6.07, 6.45) is 7.72. The van der Waals surface area contributed by atoms with Crippen LogP contribution in [0.2, 0.25) is 0 Å². The Balaban J connectivity index is 1.81. The zero-order valence-electron chi connectivity index (χ0n) is 12.3. The van der Waals surface area contributed by atoms with Gasteiger partial charge in [0.15, 0.2) is 0 Å². The van der Waals surface area contributed by atoms with Crippen LogP contribution in [0.25, 0.3) is 5.69 Å². The summed E-state index contributed by atoms with van der Waals surface area (Å²) in [5.74, 6) is 1.59. The van der Waals surface area contributed by atoms with Gasteiger partial charge in [0.25, 0.3) is 0 Å². The van der Waals surface area contributed by atoms with Gasteiger partial charge in [-0.25, -0.2) is 4.68 Å². The molecular weight excluding hydrogens is 246 g/mol. The Morgan fingerprint density at radius 2 is 2.00 bits per heavy atom. The molecule has 1 aliphatic rings. The summed E-state index contributed by atoms with van der Waals surface area (Å²) in [5.41, 5.74) is 2.31. The molecule has 1 heterocycles. The minimum atomic E-state index is 0.572. The highest BCUT2D eigenvalue weighted by atomic mass is 15.3. The lowest BCUT2D eigenvalue weighted by Gasteiger charge is -2.34. The molecule has 0 spiro atoms. The third-order valence-corrected chi connectivity index (χ3v) is 4.43. The molecule has 0 amide bonds. The fourth-order valence-corrected chi connectivity index (χ4v) is 3.29. The van der Waals surface area contributed by atoms with E-state index in [9.17, 15) is 0 Å². The van der Waals surface area contributed by atoms with Gasteiger partial charge < -0.3 is 5.32 Å². The van der Waals surface area contributed by atoms with Gasteiger partial charge in [0, 0.05) is 18.4 Å². The Labute approximate surface area is 121 Å². The number of hydrogen-bond donors (Lipinski definition) is 1. The first kappa shape index (κ1) is 13.2. The van der Waals surface area contributed by atoms with E-state index in [-0.39, 0.29) is 0 Å².